The maximum absolute atomic E-state index is 10.1. The molecule has 0 aromatic heterocycles. The molecule has 0 fully saturated rings. The van der Waals surface area contributed by atoms with Crippen molar-refractivity contribution < 1.29 is 9.90 Å². The summed E-state index contributed by atoms with van der Waals surface area (Å²) in [4.78, 5) is 10.1. The Labute approximate surface area is 100 Å². The van der Waals surface area contributed by atoms with E-state index in [1.165, 1.54) is 51.4 Å². The molecule has 2 heteroatoms. The highest BCUT2D eigenvalue weighted by Crippen LogP contribution is 2.11. The van der Waals surface area contributed by atoms with Crippen LogP contribution in [0.15, 0.2) is 0 Å². The van der Waals surface area contributed by atoms with Crippen LogP contribution < -0.4 is 0 Å². The first-order chi connectivity index (χ1) is 7.81. The fourth-order valence-electron chi connectivity index (χ4n) is 1.91. The average Bonchev–Trinajstić information content (AvgIpc) is 2.31. The summed E-state index contributed by atoms with van der Waals surface area (Å²) in [5.41, 5.74) is 0. The molecule has 0 aliphatic heterocycles. The molecule has 0 saturated heterocycles. The van der Waals surface area contributed by atoms with E-state index in [2.05, 4.69) is 6.92 Å². The molecule has 0 bridgehead atoms. The van der Waals surface area contributed by atoms with Crippen LogP contribution in [0.1, 0.15) is 77.6 Å². The Hall–Kier alpha value is -0.370. The van der Waals surface area contributed by atoms with Crippen molar-refractivity contribution >= 4 is 6.29 Å². The van der Waals surface area contributed by atoms with E-state index in [1.54, 1.807) is 0 Å². The van der Waals surface area contributed by atoms with Crippen molar-refractivity contribution in [2.24, 2.45) is 0 Å². The van der Waals surface area contributed by atoms with Crippen molar-refractivity contribution in [1.82, 2.24) is 0 Å². The SMILES string of the molecule is CCCCCCCCCCCCC(O)C=O. The van der Waals surface area contributed by atoms with Gasteiger partial charge in [0.1, 0.15) is 12.4 Å². The van der Waals surface area contributed by atoms with Gasteiger partial charge in [-0.1, -0.05) is 71.1 Å². The lowest BCUT2D eigenvalue weighted by atomic mass is 10.0. The molecule has 1 atom stereocenters. The summed E-state index contributed by atoms with van der Waals surface area (Å²) in [6, 6.07) is 0. The molecule has 0 radical (unpaired) electrons. The number of carbonyl (C=O) groups excluding carboxylic acids is 1. The lowest BCUT2D eigenvalue weighted by Gasteiger charge is -2.03. The molecule has 0 heterocycles. The van der Waals surface area contributed by atoms with Gasteiger partial charge in [0.05, 0.1) is 0 Å². The Balaban J connectivity index is 2.96. The molecule has 0 saturated carbocycles. The molecule has 96 valence electrons. The zero-order chi connectivity index (χ0) is 12.1. The second kappa shape index (κ2) is 12.7. The van der Waals surface area contributed by atoms with E-state index in [4.69, 9.17) is 5.11 Å². The second-order valence-electron chi connectivity index (χ2n) is 4.67. The number of aliphatic hydroxyl groups excluding tert-OH is 1. The maximum Gasteiger partial charge on any atom is 0.148 e. The minimum absolute atomic E-state index is 0.633. The summed E-state index contributed by atoms with van der Waals surface area (Å²) in [6.07, 6.45) is 13.4. The molecule has 0 aromatic rings. The number of aldehydes is 1. The molecule has 2 nitrogen and oxygen atoms in total. The van der Waals surface area contributed by atoms with Gasteiger partial charge in [-0.05, 0) is 6.42 Å². The fraction of sp³-hybridized carbons (Fsp3) is 0.929. The summed E-state index contributed by atoms with van der Waals surface area (Å²) < 4.78 is 0. The summed E-state index contributed by atoms with van der Waals surface area (Å²) in [5, 5.41) is 9.01. The highest BCUT2D eigenvalue weighted by Gasteiger charge is 2.00. The maximum atomic E-state index is 10.1. The van der Waals surface area contributed by atoms with Crippen LogP contribution in [0.5, 0.6) is 0 Å². The van der Waals surface area contributed by atoms with Gasteiger partial charge >= 0.3 is 0 Å². The Bertz CT molecular complexity index is 146. The van der Waals surface area contributed by atoms with E-state index in [0.29, 0.717) is 12.7 Å². The lowest BCUT2D eigenvalue weighted by Crippen LogP contribution is -2.06. The quantitative estimate of drug-likeness (QED) is 0.407. The first-order valence-corrected chi connectivity index (χ1v) is 6.94. The van der Waals surface area contributed by atoms with Crippen molar-refractivity contribution in [2.45, 2.75) is 83.7 Å². The third kappa shape index (κ3) is 11.7. The monoisotopic (exact) mass is 228 g/mol. The van der Waals surface area contributed by atoms with Gasteiger partial charge in [0.15, 0.2) is 0 Å². The number of aliphatic hydroxyl groups is 1. The molecule has 0 aliphatic carbocycles. The Morgan fingerprint density at radius 1 is 0.875 bits per heavy atom. The summed E-state index contributed by atoms with van der Waals surface area (Å²) >= 11 is 0. The first kappa shape index (κ1) is 15.6. The standard InChI is InChI=1S/C14H28O2/c1-2-3-4-5-6-7-8-9-10-11-12-14(16)13-15/h13-14,16H,2-12H2,1H3. The largest absolute Gasteiger partial charge is 0.386 e. The van der Waals surface area contributed by atoms with E-state index in [1.807, 2.05) is 0 Å². The number of carbonyl (C=O) groups is 1. The van der Waals surface area contributed by atoms with Crippen LogP contribution in [0.2, 0.25) is 0 Å². The predicted molar refractivity (Wildman–Crippen MR) is 68.5 cm³/mol. The van der Waals surface area contributed by atoms with Crippen molar-refractivity contribution in [1.29, 1.82) is 0 Å². The van der Waals surface area contributed by atoms with Crippen LogP contribution in [-0.2, 0) is 4.79 Å². The highest BCUT2D eigenvalue weighted by atomic mass is 16.3. The van der Waals surface area contributed by atoms with Crippen molar-refractivity contribution in [3.05, 3.63) is 0 Å². The van der Waals surface area contributed by atoms with Gasteiger partial charge < -0.3 is 9.90 Å². The number of hydrogen-bond donors (Lipinski definition) is 1. The van der Waals surface area contributed by atoms with Crippen LogP contribution in [0.3, 0.4) is 0 Å². The molecular formula is C14H28O2. The van der Waals surface area contributed by atoms with E-state index in [-0.39, 0.29) is 0 Å². The smallest absolute Gasteiger partial charge is 0.148 e. The molecule has 0 amide bonds. The number of hydrogen-bond acceptors (Lipinski definition) is 2. The second-order valence-corrected chi connectivity index (χ2v) is 4.67. The highest BCUT2D eigenvalue weighted by molar-refractivity contribution is 5.55. The van der Waals surface area contributed by atoms with Gasteiger partial charge in [-0.25, -0.2) is 0 Å². The first-order valence-electron chi connectivity index (χ1n) is 6.94. The van der Waals surface area contributed by atoms with Crippen LogP contribution in [0.4, 0.5) is 0 Å². The van der Waals surface area contributed by atoms with Gasteiger partial charge in [-0.3, -0.25) is 0 Å². The van der Waals surface area contributed by atoms with E-state index in [0.717, 1.165) is 12.8 Å². The third-order valence-corrected chi connectivity index (χ3v) is 3.01. The van der Waals surface area contributed by atoms with Crippen LogP contribution >= 0.6 is 0 Å². The van der Waals surface area contributed by atoms with E-state index in [9.17, 15) is 4.79 Å². The van der Waals surface area contributed by atoms with Crippen molar-refractivity contribution in [3.8, 4) is 0 Å². The Morgan fingerprint density at radius 3 is 1.75 bits per heavy atom. The van der Waals surface area contributed by atoms with E-state index >= 15 is 0 Å². The van der Waals surface area contributed by atoms with Crippen molar-refractivity contribution in [3.63, 3.8) is 0 Å². The van der Waals surface area contributed by atoms with Gasteiger partial charge in [0.2, 0.25) is 0 Å². The van der Waals surface area contributed by atoms with Gasteiger partial charge in [0, 0.05) is 0 Å². The minimum Gasteiger partial charge on any atom is -0.386 e. The topological polar surface area (TPSA) is 37.3 Å². The van der Waals surface area contributed by atoms with Crippen LogP contribution in [0.25, 0.3) is 0 Å². The molecule has 0 rings (SSSR count). The normalized spacial score (nSPS) is 12.6. The average molecular weight is 228 g/mol. The summed E-state index contributed by atoms with van der Waals surface area (Å²) in [6.45, 7) is 2.24. The lowest BCUT2D eigenvalue weighted by molar-refractivity contribution is -0.115. The number of unbranched alkanes of at least 4 members (excludes halogenated alkanes) is 9. The van der Waals surface area contributed by atoms with Crippen molar-refractivity contribution in [2.75, 3.05) is 0 Å². The minimum atomic E-state index is -0.728. The molecular weight excluding hydrogens is 200 g/mol. The van der Waals surface area contributed by atoms with Gasteiger partial charge in [-0.2, -0.15) is 0 Å². The van der Waals surface area contributed by atoms with Gasteiger partial charge in [0.25, 0.3) is 0 Å². The van der Waals surface area contributed by atoms with Gasteiger partial charge in [-0.15, -0.1) is 0 Å². The van der Waals surface area contributed by atoms with Crippen LogP contribution in [-0.4, -0.2) is 17.5 Å². The number of rotatable bonds is 12. The molecule has 16 heavy (non-hydrogen) atoms. The third-order valence-electron chi connectivity index (χ3n) is 3.01. The predicted octanol–water partition coefficient (Wildman–Crippen LogP) is 3.86. The van der Waals surface area contributed by atoms with E-state index < -0.39 is 6.10 Å². The summed E-state index contributed by atoms with van der Waals surface area (Å²) in [7, 11) is 0. The fourth-order valence-corrected chi connectivity index (χ4v) is 1.91. The Kier molecular flexibility index (Phi) is 12.4. The van der Waals surface area contributed by atoms with Crippen LogP contribution in [0, 0.1) is 0 Å². The molecule has 1 unspecified atom stereocenters. The zero-order valence-electron chi connectivity index (χ0n) is 10.8. The molecule has 1 N–H and O–H groups in total. The Morgan fingerprint density at radius 2 is 1.31 bits per heavy atom. The molecule has 0 aromatic carbocycles. The zero-order valence-corrected chi connectivity index (χ0v) is 10.8. The molecule has 0 aliphatic rings. The molecule has 0 spiro atoms. The summed E-state index contributed by atoms with van der Waals surface area (Å²) in [5.74, 6) is 0.